The van der Waals surface area contributed by atoms with Crippen LogP contribution in [0.5, 0.6) is 0 Å². The quantitative estimate of drug-likeness (QED) is 0.793. The van der Waals surface area contributed by atoms with Gasteiger partial charge in [-0.15, -0.1) is 0 Å². The summed E-state index contributed by atoms with van der Waals surface area (Å²) in [6.45, 7) is 0.489. The molecule has 1 unspecified atom stereocenters. The lowest BCUT2D eigenvalue weighted by Crippen LogP contribution is -2.34. The van der Waals surface area contributed by atoms with Crippen LogP contribution in [0.2, 0.25) is 5.02 Å². The largest absolute Gasteiger partial charge is 0.320 e. The number of hydrogen-bond acceptors (Lipinski definition) is 2. The van der Waals surface area contributed by atoms with Crippen molar-refractivity contribution in [2.24, 2.45) is 5.73 Å². The summed E-state index contributed by atoms with van der Waals surface area (Å²) in [5.74, 6) is -0.620. The van der Waals surface area contributed by atoms with Crippen molar-refractivity contribution in [2.45, 2.75) is 12.5 Å². The predicted octanol–water partition coefficient (Wildman–Crippen LogP) is 1.54. The van der Waals surface area contributed by atoms with Crippen molar-refractivity contribution in [3.05, 3.63) is 29.0 Å². The van der Waals surface area contributed by atoms with E-state index in [9.17, 15) is 9.18 Å². The molecule has 1 atom stereocenters. The lowest BCUT2D eigenvalue weighted by Gasteiger charge is -2.17. The number of hydrogen-bond donors (Lipinski definition) is 1. The lowest BCUT2D eigenvalue weighted by atomic mass is 10.2. The van der Waals surface area contributed by atoms with Crippen LogP contribution in [0, 0.1) is 5.82 Å². The Labute approximate surface area is 91.6 Å². The molecule has 15 heavy (non-hydrogen) atoms. The molecule has 1 aliphatic rings. The van der Waals surface area contributed by atoms with Gasteiger partial charge in [-0.3, -0.25) is 4.79 Å². The van der Waals surface area contributed by atoms with Gasteiger partial charge in [-0.05, 0) is 24.6 Å². The molecule has 0 aliphatic carbocycles. The molecular formula is C10H10ClFN2O. The van der Waals surface area contributed by atoms with Crippen molar-refractivity contribution in [1.82, 2.24) is 0 Å². The summed E-state index contributed by atoms with van der Waals surface area (Å²) in [5.41, 5.74) is 5.96. The van der Waals surface area contributed by atoms with E-state index in [1.54, 1.807) is 0 Å². The first-order valence-electron chi connectivity index (χ1n) is 4.61. The molecule has 0 spiro atoms. The monoisotopic (exact) mass is 228 g/mol. The number of rotatable bonds is 1. The Morgan fingerprint density at radius 2 is 2.27 bits per heavy atom. The zero-order valence-corrected chi connectivity index (χ0v) is 8.67. The molecule has 5 heteroatoms. The number of amides is 1. The summed E-state index contributed by atoms with van der Waals surface area (Å²) in [6, 6.07) is 3.44. The fraction of sp³-hybridized carbons (Fsp3) is 0.300. The lowest BCUT2D eigenvalue weighted by molar-refractivity contribution is -0.118. The average Bonchev–Trinajstić information content (AvgIpc) is 2.52. The van der Waals surface area contributed by atoms with E-state index in [-0.39, 0.29) is 5.91 Å². The van der Waals surface area contributed by atoms with Gasteiger partial charge in [0.2, 0.25) is 5.91 Å². The minimum atomic E-state index is -0.496. The Hall–Kier alpha value is -1.13. The highest BCUT2D eigenvalue weighted by Gasteiger charge is 2.30. The number of nitrogens with zero attached hydrogens (tertiary/aromatic N) is 1. The van der Waals surface area contributed by atoms with Gasteiger partial charge in [0.1, 0.15) is 5.82 Å². The minimum absolute atomic E-state index is 0.206. The second-order valence-corrected chi connectivity index (χ2v) is 3.89. The summed E-state index contributed by atoms with van der Waals surface area (Å²) in [5, 5.41) is 0.360. The molecular weight excluding hydrogens is 219 g/mol. The van der Waals surface area contributed by atoms with Gasteiger partial charge in [-0.2, -0.15) is 0 Å². The van der Waals surface area contributed by atoms with Crippen LogP contribution < -0.4 is 10.6 Å². The number of nitrogens with two attached hydrogens (primary N) is 1. The number of carbonyl (C=O) groups is 1. The molecule has 0 saturated carbocycles. The fourth-order valence-corrected chi connectivity index (χ4v) is 1.85. The summed E-state index contributed by atoms with van der Waals surface area (Å²) < 4.78 is 13.0. The molecule has 1 aliphatic heterocycles. The molecule has 0 radical (unpaired) electrons. The smallest absolute Gasteiger partial charge is 0.244 e. The SMILES string of the molecule is NC1CCN(c2cc(F)ccc2Cl)C1=O. The third-order valence-corrected chi connectivity index (χ3v) is 2.77. The second-order valence-electron chi connectivity index (χ2n) is 3.48. The summed E-state index contributed by atoms with van der Waals surface area (Å²) >= 11 is 5.89. The number of halogens is 2. The van der Waals surface area contributed by atoms with E-state index in [4.69, 9.17) is 17.3 Å². The number of carbonyl (C=O) groups excluding carboxylic acids is 1. The highest BCUT2D eigenvalue weighted by molar-refractivity contribution is 6.33. The summed E-state index contributed by atoms with van der Waals surface area (Å²) in [4.78, 5) is 13.0. The Balaban J connectivity index is 2.37. The second kappa shape index (κ2) is 3.79. The third-order valence-electron chi connectivity index (χ3n) is 2.45. The van der Waals surface area contributed by atoms with Crippen molar-refractivity contribution < 1.29 is 9.18 Å². The Kier molecular flexibility index (Phi) is 2.63. The maximum absolute atomic E-state index is 13.0. The third kappa shape index (κ3) is 1.82. The molecule has 1 aromatic carbocycles. The highest BCUT2D eigenvalue weighted by Crippen LogP contribution is 2.29. The maximum atomic E-state index is 13.0. The minimum Gasteiger partial charge on any atom is -0.320 e. The molecule has 0 aromatic heterocycles. The van der Waals surface area contributed by atoms with E-state index >= 15 is 0 Å². The molecule has 1 heterocycles. The molecule has 2 N–H and O–H groups in total. The van der Waals surface area contributed by atoms with Gasteiger partial charge >= 0.3 is 0 Å². The Bertz CT molecular complexity index is 410. The van der Waals surface area contributed by atoms with Crippen molar-refractivity contribution in [1.29, 1.82) is 0 Å². The van der Waals surface area contributed by atoms with Gasteiger partial charge in [-0.25, -0.2) is 4.39 Å². The zero-order valence-electron chi connectivity index (χ0n) is 7.91. The van der Waals surface area contributed by atoms with Crippen LogP contribution in [-0.2, 0) is 4.79 Å². The predicted molar refractivity (Wildman–Crippen MR) is 56.4 cm³/mol. The van der Waals surface area contributed by atoms with Crippen LogP contribution in [0.15, 0.2) is 18.2 Å². The molecule has 1 amide bonds. The normalized spacial score (nSPS) is 21.1. The molecule has 0 bridgehead atoms. The van der Waals surface area contributed by atoms with Crippen LogP contribution in [0.3, 0.4) is 0 Å². The number of anilines is 1. The van der Waals surface area contributed by atoms with Crippen molar-refractivity contribution in [3.8, 4) is 0 Å². The fourth-order valence-electron chi connectivity index (χ4n) is 1.63. The summed E-state index contributed by atoms with van der Waals surface area (Å²) in [7, 11) is 0. The van der Waals surface area contributed by atoms with Crippen LogP contribution in [-0.4, -0.2) is 18.5 Å². The standard InChI is InChI=1S/C10H10ClFN2O/c11-7-2-1-6(12)5-9(7)14-4-3-8(13)10(14)15/h1-2,5,8H,3-4,13H2. The maximum Gasteiger partial charge on any atom is 0.244 e. The van der Waals surface area contributed by atoms with Crippen LogP contribution in [0.4, 0.5) is 10.1 Å². The van der Waals surface area contributed by atoms with Crippen molar-refractivity contribution in [3.63, 3.8) is 0 Å². The first-order chi connectivity index (χ1) is 7.09. The molecule has 2 rings (SSSR count). The average molecular weight is 229 g/mol. The molecule has 1 fully saturated rings. The molecule has 80 valence electrons. The van der Waals surface area contributed by atoms with E-state index in [2.05, 4.69) is 0 Å². The van der Waals surface area contributed by atoms with E-state index in [1.165, 1.54) is 23.1 Å². The van der Waals surface area contributed by atoms with E-state index < -0.39 is 11.9 Å². The summed E-state index contributed by atoms with van der Waals surface area (Å²) in [6.07, 6.45) is 0.575. The van der Waals surface area contributed by atoms with E-state index in [1.807, 2.05) is 0 Å². The van der Waals surface area contributed by atoms with Gasteiger partial charge < -0.3 is 10.6 Å². The highest BCUT2D eigenvalue weighted by atomic mass is 35.5. The van der Waals surface area contributed by atoms with Gasteiger partial charge in [0.15, 0.2) is 0 Å². The number of benzene rings is 1. The topological polar surface area (TPSA) is 46.3 Å². The first-order valence-corrected chi connectivity index (χ1v) is 4.99. The van der Waals surface area contributed by atoms with Crippen LogP contribution >= 0.6 is 11.6 Å². The van der Waals surface area contributed by atoms with Crippen molar-refractivity contribution >= 4 is 23.2 Å². The van der Waals surface area contributed by atoms with Gasteiger partial charge in [0, 0.05) is 6.54 Å². The van der Waals surface area contributed by atoms with Crippen molar-refractivity contribution in [2.75, 3.05) is 11.4 Å². The Morgan fingerprint density at radius 3 is 2.87 bits per heavy atom. The van der Waals surface area contributed by atoms with Crippen LogP contribution in [0.1, 0.15) is 6.42 Å². The molecule has 3 nitrogen and oxygen atoms in total. The molecule has 1 aromatic rings. The van der Waals surface area contributed by atoms with E-state index in [0.29, 0.717) is 23.7 Å². The zero-order chi connectivity index (χ0) is 11.0. The van der Waals surface area contributed by atoms with Gasteiger partial charge in [-0.1, -0.05) is 11.6 Å². The first kappa shape index (κ1) is 10.4. The van der Waals surface area contributed by atoms with Crippen LogP contribution in [0.25, 0.3) is 0 Å². The molecule has 1 saturated heterocycles. The van der Waals surface area contributed by atoms with E-state index in [0.717, 1.165) is 0 Å². The van der Waals surface area contributed by atoms with Gasteiger partial charge in [0.05, 0.1) is 16.8 Å². The van der Waals surface area contributed by atoms with Gasteiger partial charge in [0.25, 0.3) is 0 Å². The Morgan fingerprint density at radius 1 is 1.53 bits per heavy atom.